The molecule has 4 N–H and O–H groups in total. The normalized spacial score (nSPS) is 10.3. The minimum atomic E-state index is -0.584. The summed E-state index contributed by atoms with van der Waals surface area (Å²) in [7, 11) is 2.82. The predicted octanol–water partition coefficient (Wildman–Crippen LogP) is -0.617. The molecule has 0 aromatic carbocycles. The first-order valence-corrected chi connectivity index (χ1v) is 6.41. The molecular formula is C13H16N6O3. The van der Waals surface area contributed by atoms with Gasteiger partial charge in [-0.25, -0.2) is 14.6 Å². The summed E-state index contributed by atoms with van der Waals surface area (Å²) in [5.41, 5.74) is 5.27. The van der Waals surface area contributed by atoms with Crippen molar-refractivity contribution in [1.29, 1.82) is 0 Å². The molecule has 0 atom stereocenters. The minimum Gasteiger partial charge on any atom is -0.383 e. The van der Waals surface area contributed by atoms with Crippen molar-refractivity contribution >= 4 is 17.5 Å². The Balaban J connectivity index is 2.09. The molecule has 0 saturated heterocycles. The number of anilines is 2. The van der Waals surface area contributed by atoms with Crippen LogP contribution in [0.15, 0.2) is 34.1 Å². The van der Waals surface area contributed by atoms with Crippen molar-refractivity contribution in [1.82, 2.24) is 19.4 Å². The molecule has 0 radical (unpaired) electrons. The summed E-state index contributed by atoms with van der Waals surface area (Å²) < 4.78 is 2.12. The lowest BCUT2D eigenvalue weighted by Crippen LogP contribution is -2.39. The van der Waals surface area contributed by atoms with Gasteiger partial charge in [0.15, 0.2) is 0 Å². The fourth-order valence-electron chi connectivity index (χ4n) is 1.84. The molecule has 116 valence electrons. The van der Waals surface area contributed by atoms with Gasteiger partial charge >= 0.3 is 11.7 Å². The maximum absolute atomic E-state index is 11.9. The highest BCUT2D eigenvalue weighted by molar-refractivity contribution is 5.88. The van der Waals surface area contributed by atoms with Crippen molar-refractivity contribution in [2.75, 3.05) is 11.1 Å². The van der Waals surface area contributed by atoms with Gasteiger partial charge in [0.05, 0.1) is 0 Å². The van der Waals surface area contributed by atoms with E-state index in [0.29, 0.717) is 11.4 Å². The number of carbonyl (C=O) groups excluding carboxylic acids is 1. The van der Waals surface area contributed by atoms with E-state index < -0.39 is 17.3 Å². The molecule has 2 amide bonds. The maximum Gasteiger partial charge on any atom is 0.330 e. The summed E-state index contributed by atoms with van der Waals surface area (Å²) in [6.07, 6.45) is 2.82. The van der Waals surface area contributed by atoms with Crippen molar-refractivity contribution < 1.29 is 4.79 Å². The van der Waals surface area contributed by atoms with Gasteiger partial charge < -0.3 is 20.9 Å². The lowest BCUT2D eigenvalue weighted by Gasteiger charge is -2.10. The summed E-state index contributed by atoms with van der Waals surface area (Å²) in [6, 6.07) is 2.85. The molecule has 2 rings (SSSR count). The van der Waals surface area contributed by atoms with E-state index in [4.69, 9.17) is 5.73 Å². The Kier molecular flexibility index (Phi) is 4.25. The quantitative estimate of drug-likeness (QED) is 0.697. The van der Waals surface area contributed by atoms with E-state index in [0.717, 1.165) is 4.57 Å². The van der Waals surface area contributed by atoms with Crippen LogP contribution in [0, 0.1) is 0 Å². The second kappa shape index (κ2) is 6.12. The number of nitrogens with one attached hydrogen (secondary N) is 2. The number of nitrogen functional groups attached to an aromatic ring is 1. The number of carbonyl (C=O) groups is 1. The van der Waals surface area contributed by atoms with Crippen molar-refractivity contribution in [3.63, 3.8) is 0 Å². The van der Waals surface area contributed by atoms with Crippen LogP contribution in [0.5, 0.6) is 0 Å². The molecule has 9 nitrogen and oxygen atoms in total. The number of rotatable bonds is 3. The fourth-order valence-corrected chi connectivity index (χ4v) is 1.84. The van der Waals surface area contributed by atoms with Gasteiger partial charge in [-0.05, 0) is 6.07 Å². The first-order valence-electron chi connectivity index (χ1n) is 6.41. The lowest BCUT2D eigenvalue weighted by molar-refractivity contribution is 0.251. The molecule has 2 heterocycles. The van der Waals surface area contributed by atoms with E-state index in [1.807, 2.05) is 0 Å². The van der Waals surface area contributed by atoms with E-state index >= 15 is 0 Å². The van der Waals surface area contributed by atoms with E-state index in [-0.39, 0.29) is 12.2 Å². The summed E-state index contributed by atoms with van der Waals surface area (Å²) >= 11 is 0. The number of nitrogens with zero attached hydrogens (tertiary/aromatic N) is 3. The number of hydrogen-bond acceptors (Lipinski definition) is 5. The molecule has 9 heteroatoms. The Morgan fingerprint density at radius 3 is 2.77 bits per heavy atom. The van der Waals surface area contributed by atoms with Crippen LogP contribution in [-0.2, 0) is 20.6 Å². The molecule has 0 aliphatic rings. The molecule has 0 unspecified atom stereocenters. The Hall–Kier alpha value is -3.10. The molecule has 2 aromatic heterocycles. The molecule has 0 aliphatic carbocycles. The Labute approximate surface area is 125 Å². The standard InChI is InChI=1S/C13H16N6O3/c1-18-7-9(11(20)19(2)13(18)22)17-12(21)16-6-8-4-3-5-15-10(8)14/h3-5,7H,6H2,1-2H3,(H2,14,15)(H2,16,17,21). The van der Waals surface area contributed by atoms with Crippen LogP contribution < -0.4 is 27.6 Å². The molecule has 0 bridgehead atoms. The van der Waals surface area contributed by atoms with E-state index in [9.17, 15) is 14.4 Å². The van der Waals surface area contributed by atoms with Crippen LogP contribution in [0.1, 0.15) is 5.56 Å². The van der Waals surface area contributed by atoms with Gasteiger partial charge in [0.1, 0.15) is 11.5 Å². The van der Waals surface area contributed by atoms with Gasteiger partial charge in [-0.3, -0.25) is 9.36 Å². The highest BCUT2D eigenvalue weighted by Crippen LogP contribution is 2.06. The summed E-state index contributed by atoms with van der Waals surface area (Å²) in [6.45, 7) is 0.164. The number of nitrogens with two attached hydrogens (primary N) is 1. The molecule has 2 aromatic rings. The molecule has 0 spiro atoms. The maximum atomic E-state index is 11.9. The fraction of sp³-hybridized carbons (Fsp3) is 0.231. The smallest absolute Gasteiger partial charge is 0.330 e. The van der Waals surface area contributed by atoms with Crippen LogP contribution >= 0.6 is 0 Å². The zero-order valence-corrected chi connectivity index (χ0v) is 12.2. The second-order valence-corrected chi connectivity index (χ2v) is 4.66. The van der Waals surface area contributed by atoms with E-state index in [1.165, 1.54) is 24.9 Å². The Bertz CT molecular complexity index is 823. The average molecular weight is 304 g/mol. The van der Waals surface area contributed by atoms with Crippen LogP contribution in [0.25, 0.3) is 0 Å². The van der Waals surface area contributed by atoms with E-state index in [2.05, 4.69) is 15.6 Å². The third kappa shape index (κ3) is 3.14. The monoisotopic (exact) mass is 304 g/mol. The number of urea groups is 1. The number of aryl methyl sites for hydroxylation is 1. The summed E-state index contributed by atoms with van der Waals surface area (Å²) in [5, 5.41) is 4.97. The van der Waals surface area contributed by atoms with E-state index in [1.54, 1.807) is 18.3 Å². The first kappa shape index (κ1) is 15.3. The highest BCUT2D eigenvalue weighted by atomic mass is 16.2. The zero-order chi connectivity index (χ0) is 16.3. The number of hydrogen-bond donors (Lipinski definition) is 3. The lowest BCUT2D eigenvalue weighted by atomic mass is 10.2. The number of pyridine rings is 1. The summed E-state index contributed by atoms with van der Waals surface area (Å²) in [4.78, 5) is 39.2. The van der Waals surface area contributed by atoms with Crippen molar-refractivity contribution in [2.45, 2.75) is 6.54 Å². The van der Waals surface area contributed by atoms with Crippen molar-refractivity contribution in [2.24, 2.45) is 14.1 Å². The zero-order valence-electron chi connectivity index (χ0n) is 12.2. The van der Waals surface area contributed by atoms with Gasteiger partial charge in [-0.1, -0.05) is 6.07 Å². The predicted molar refractivity (Wildman–Crippen MR) is 81.4 cm³/mol. The van der Waals surface area contributed by atoms with Crippen LogP contribution in [0.4, 0.5) is 16.3 Å². The molecule has 22 heavy (non-hydrogen) atoms. The molecular weight excluding hydrogens is 288 g/mol. The van der Waals surface area contributed by atoms with Gasteiger partial charge in [-0.15, -0.1) is 0 Å². The minimum absolute atomic E-state index is 0.00117. The largest absolute Gasteiger partial charge is 0.383 e. The van der Waals surface area contributed by atoms with Gasteiger partial charge in [0.2, 0.25) is 0 Å². The first-order chi connectivity index (χ1) is 10.4. The molecule has 0 aliphatic heterocycles. The van der Waals surface area contributed by atoms with Crippen LogP contribution in [0.3, 0.4) is 0 Å². The SMILES string of the molecule is Cn1cc(NC(=O)NCc2cccnc2N)c(=O)n(C)c1=O. The topological polar surface area (TPSA) is 124 Å². The summed E-state index contributed by atoms with van der Waals surface area (Å²) in [5.74, 6) is 0.320. The average Bonchev–Trinajstić information content (AvgIpc) is 2.49. The van der Waals surface area contributed by atoms with Gasteiger partial charge in [0.25, 0.3) is 5.56 Å². The van der Waals surface area contributed by atoms with Crippen LogP contribution in [0.2, 0.25) is 0 Å². The Morgan fingerprint density at radius 2 is 2.09 bits per heavy atom. The third-order valence-corrected chi connectivity index (χ3v) is 3.06. The Morgan fingerprint density at radius 1 is 1.36 bits per heavy atom. The van der Waals surface area contributed by atoms with Crippen molar-refractivity contribution in [3.8, 4) is 0 Å². The number of amides is 2. The van der Waals surface area contributed by atoms with Gasteiger partial charge in [-0.2, -0.15) is 0 Å². The third-order valence-electron chi connectivity index (χ3n) is 3.06. The van der Waals surface area contributed by atoms with Crippen molar-refractivity contribution in [3.05, 3.63) is 50.9 Å². The number of aromatic nitrogens is 3. The second-order valence-electron chi connectivity index (χ2n) is 4.66. The van der Waals surface area contributed by atoms with Gasteiger partial charge in [0, 0.05) is 38.6 Å². The molecule has 0 saturated carbocycles. The van der Waals surface area contributed by atoms with Crippen LogP contribution in [-0.4, -0.2) is 20.1 Å². The molecule has 0 fully saturated rings. The highest BCUT2D eigenvalue weighted by Gasteiger charge is 2.10.